The predicted molar refractivity (Wildman–Crippen MR) is 75.6 cm³/mol. The molecular weight excluding hydrogens is 316 g/mol. The molecule has 0 aliphatic carbocycles. The predicted octanol–water partition coefficient (Wildman–Crippen LogP) is 3.54. The number of nitrogens with two attached hydrogens (primary N) is 1. The number of para-hydroxylation sites is 1. The van der Waals surface area contributed by atoms with Gasteiger partial charge in [0.15, 0.2) is 0 Å². The molecule has 0 bridgehead atoms. The van der Waals surface area contributed by atoms with Gasteiger partial charge >= 0.3 is 0 Å². The maximum Gasteiger partial charge on any atom is 0.142 e. The molecule has 0 fully saturated rings. The maximum absolute atomic E-state index is 6.10. The molecule has 1 aromatic carbocycles. The van der Waals surface area contributed by atoms with Crippen LogP contribution in [0.5, 0.6) is 5.75 Å². The second-order valence-corrected chi connectivity index (χ2v) is 5.06. The van der Waals surface area contributed by atoms with Gasteiger partial charge in [0.05, 0.1) is 5.02 Å². The lowest BCUT2D eigenvalue weighted by Gasteiger charge is -2.12. The minimum absolute atomic E-state index is 0.395. The van der Waals surface area contributed by atoms with Crippen LogP contribution in [0.2, 0.25) is 5.02 Å². The highest BCUT2D eigenvalue weighted by atomic mass is 79.9. The highest BCUT2D eigenvalue weighted by Crippen LogP contribution is 2.29. The Morgan fingerprint density at radius 1 is 1.33 bits per heavy atom. The van der Waals surface area contributed by atoms with E-state index in [9.17, 15) is 0 Å². The van der Waals surface area contributed by atoms with E-state index in [2.05, 4.69) is 20.9 Å². The van der Waals surface area contributed by atoms with Crippen molar-refractivity contribution in [2.75, 3.05) is 0 Å². The maximum atomic E-state index is 6.10. The first-order chi connectivity index (χ1) is 8.70. The molecule has 0 aliphatic heterocycles. The number of hydrogen-bond acceptors (Lipinski definition) is 3. The SMILES string of the molecule is NCc1cccc(Cl)c1OCc1cncc(Br)c1. The minimum atomic E-state index is 0.395. The van der Waals surface area contributed by atoms with E-state index in [1.165, 1.54) is 0 Å². The molecule has 94 valence electrons. The lowest BCUT2D eigenvalue weighted by Crippen LogP contribution is -2.03. The minimum Gasteiger partial charge on any atom is -0.487 e. The van der Waals surface area contributed by atoms with Gasteiger partial charge in [0.1, 0.15) is 12.4 Å². The first-order valence-corrected chi connectivity index (χ1v) is 6.57. The molecule has 0 radical (unpaired) electrons. The van der Waals surface area contributed by atoms with Crippen LogP contribution < -0.4 is 10.5 Å². The Hall–Kier alpha value is -1.10. The second-order valence-electron chi connectivity index (χ2n) is 3.73. The first kappa shape index (κ1) is 13.3. The fourth-order valence-electron chi connectivity index (χ4n) is 1.57. The van der Waals surface area contributed by atoms with Crippen LogP contribution in [0.15, 0.2) is 41.1 Å². The van der Waals surface area contributed by atoms with Crippen LogP contribution in [-0.4, -0.2) is 4.98 Å². The quantitative estimate of drug-likeness (QED) is 0.934. The molecule has 0 unspecified atom stereocenters. The monoisotopic (exact) mass is 326 g/mol. The van der Waals surface area contributed by atoms with Crippen molar-refractivity contribution in [3.63, 3.8) is 0 Å². The summed E-state index contributed by atoms with van der Waals surface area (Å²) in [5.41, 5.74) is 7.51. The summed E-state index contributed by atoms with van der Waals surface area (Å²) in [5, 5.41) is 0.570. The van der Waals surface area contributed by atoms with Gasteiger partial charge in [-0.3, -0.25) is 4.98 Å². The van der Waals surface area contributed by atoms with Crippen molar-refractivity contribution in [3.05, 3.63) is 57.3 Å². The summed E-state index contributed by atoms with van der Waals surface area (Å²) >= 11 is 9.47. The number of rotatable bonds is 4. The Balaban J connectivity index is 2.15. The van der Waals surface area contributed by atoms with E-state index in [1.54, 1.807) is 18.5 Å². The molecule has 18 heavy (non-hydrogen) atoms. The topological polar surface area (TPSA) is 48.1 Å². The Bertz CT molecular complexity index is 548. The molecule has 5 heteroatoms. The number of benzene rings is 1. The summed E-state index contributed by atoms with van der Waals surface area (Å²) in [6, 6.07) is 7.50. The largest absolute Gasteiger partial charge is 0.487 e. The fourth-order valence-corrected chi connectivity index (χ4v) is 2.23. The molecule has 2 rings (SSSR count). The molecule has 3 nitrogen and oxygen atoms in total. The molecule has 2 N–H and O–H groups in total. The summed E-state index contributed by atoms with van der Waals surface area (Å²) in [5.74, 6) is 0.640. The third-order valence-electron chi connectivity index (χ3n) is 2.41. The third-order valence-corrected chi connectivity index (χ3v) is 3.14. The molecule has 1 heterocycles. The average Bonchev–Trinajstić information content (AvgIpc) is 2.37. The molecular formula is C13H12BrClN2O. The van der Waals surface area contributed by atoms with Crippen molar-refractivity contribution >= 4 is 27.5 Å². The van der Waals surface area contributed by atoms with Gasteiger partial charge in [-0.25, -0.2) is 0 Å². The van der Waals surface area contributed by atoms with Gasteiger partial charge in [-0.05, 0) is 28.1 Å². The normalized spacial score (nSPS) is 10.4. The zero-order chi connectivity index (χ0) is 13.0. The molecule has 1 aromatic heterocycles. The van der Waals surface area contributed by atoms with Crippen LogP contribution in [0, 0.1) is 0 Å². The van der Waals surface area contributed by atoms with Crippen molar-refractivity contribution in [2.45, 2.75) is 13.2 Å². The van der Waals surface area contributed by atoms with Gasteiger partial charge in [-0.15, -0.1) is 0 Å². The van der Waals surface area contributed by atoms with Crippen molar-refractivity contribution in [3.8, 4) is 5.75 Å². The summed E-state index contributed by atoms with van der Waals surface area (Å²) in [6.07, 6.45) is 3.48. The lowest BCUT2D eigenvalue weighted by atomic mass is 10.2. The second kappa shape index (κ2) is 6.18. The zero-order valence-electron chi connectivity index (χ0n) is 9.57. The van der Waals surface area contributed by atoms with Crippen LogP contribution >= 0.6 is 27.5 Å². The number of nitrogens with zero attached hydrogens (tertiary/aromatic N) is 1. The molecule has 0 amide bonds. The van der Waals surface area contributed by atoms with Crippen LogP contribution in [0.25, 0.3) is 0 Å². The van der Waals surface area contributed by atoms with Gasteiger partial charge in [0.2, 0.25) is 0 Å². The van der Waals surface area contributed by atoms with Crippen molar-refractivity contribution < 1.29 is 4.74 Å². The standard InChI is InChI=1S/C13H12BrClN2O/c14-11-4-9(6-17-7-11)8-18-13-10(5-16)2-1-3-12(13)15/h1-4,6-7H,5,8,16H2. The molecule has 0 saturated carbocycles. The van der Waals surface area contributed by atoms with Crippen molar-refractivity contribution in [1.82, 2.24) is 4.98 Å². The van der Waals surface area contributed by atoms with E-state index in [1.807, 2.05) is 18.2 Å². The van der Waals surface area contributed by atoms with Gasteiger partial charge in [0.25, 0.3) is 0 Å². The highest BCUT2D eigenvalue weighted by molar-refractivity contribution is 9.10. The number of aromatic nitrogens is 1. The summed E-state index contributed by atoms with van der Waals surface area (Å²) in [6.45, 7) is 0.801. The van der Waals surface area contributed by atoms with E-state index in [0.29, 0.717) is 23.9 Å². The molecule has 0 atom stereocenters. The summed E-state index contributed by atoms with van der Waals surface area (Å²) in [7, 11) is 0. The average molecular weight is 328 g/mol. The third kappa shape index (κ3) is 3.22. The first-order valence-electron chi connectivity index (χ1n) is 5.40. The van der Waals surface area contributed by atoms with Crippen LogP contribution in [0.4, 0.5) is 0 Å². The Morgan fingerprint density at radius 2 is 2.17 bits per heavy atom. The number of ether oxygens (including phenoxy) is 1. The van der Waals surface area contributed by atoms with Gasteiger partial charge < -0.3 is 10.5 Å². The van der Waals surface area contributed by atoms with Gasteiger partial charge in [0, 0.05) is 34.5 Å². The fraction of sp³-hybridized carbons (Fsp3) is 0.154. The van der Waals surface area contributed by atoms with Crippen LogP contribution in [0.1, 0.15) is 11.1 Å². The Morgan fingerprint density at radius 3 is 2.89 bits per heavy atom. The molecule has 0 spiro atoms. The molecule has 0 aliphatic rings. The summed E-state index contributed by atoms with van der Waals surface area (Å²) < 4.78 is 6.65. The number of pyridine rings is 1. The Labute approximate surface area is 119 Å². The van der Waals surface area contributed by atoms with E-state index in [4.69, 9.17) is 22.1 Å². The van der Waals surface area contributed by atoms with Crippen molar-refractivity contribution in [1.29, 1.82) is 0 Å². The van der Waals surface area contributed by atoms with Gasteiger partial charge in [-0.1, -0.05) is 23.7 Å². The van der Waals surface area contributed by atoms with E-state index < -0.39 is 0 Å². The number of hydrogen-bond donors (Lipinski definition) is 1. The van der Waals surface area contributed by atoms with Crippen molar-refractivity contribution in [2.24, 2.45) is 5.73 Å². The van der Waals surface area contributed by atoms with E-state index >= 15 is 0 Å². The molecule has 2 aromatic rings. The van der Waals surface area contributed by atoms with Crippen LogP contribution in [-0.2, 0) is 13.2 Å². The number of halogens is 2. The Kier molecular flexibility index (Phi) is 4.58. The summed E-state index contributed by atoms with van der Waals surface area (Å²) in [4.78, 5) is 4.08. The highest BCUT2D eigenvalue weighted by Gasteiger charge is 2.07. The lowest BCUT2D eigenvalue weighted by molar-refractivity contribution is 0.302. The molecule has 0 saturated heterocycles. The van der Waals surface area contributed by atoms with E-state index in [-0.39, 0.29) is 0 Å². The zero-order valence-corrected chi connectivity index (χ0v) is 11.9. The smallest absolute Gasteiger partial charge is 0.142 e. The van der Waals surface area contributed by atoms with Crippen LogP contribution in [0.3, 0.4) is 0 Å². The van der Waals surface area contributed by atoms with E-state index in [0.717, 1.165) is 15.6 Å². The van der Waals surface area contributed by atoms with Gasteiger partial charge in [-0.2, -0.15) is 0 Å².